The van der Waals surface area contributed by atoms with Crippen molar-refractivity contribution in [3.05, 3.63) is 76.5 Å². The van der Waals surface area contributed by atoms with Crippen LogP contribution in [0.1, 0.15) is 11.1 Å². The molecular formula is C18H13BrFNO. The summed E-state index contributed by atoms with van der Waals surface area (Å²) in [6.07, 6.45) is 3.41. The molecule has 0 radical (unpaired) electrons. The molecule has 0 heterocycles. The van der Waals surface area contributed by atoms with Gasteiger partial charge in [0.05, 0.1) is 16.1 Å². The summed E-state index contributed by atoms with van der Waals surface area (Å²) in [4.78, 5) is 0. The lowest BCUT2D eigenvalue weighted by Crippen LogP contribution is -1.93. The van der Waals surface area contributed by atoms with E-state index in [1.54, 1.807) is 24.3 Å². The smallest absolute Gasteiger partial charge is 0.133 e. The highest BCUT2D eigenvalue weighted by Crippen LogP contribution is 2.28. The summed E-state index contributed by atoms with van der Waals surface area (Å²) in [5.74, 6) is 0.379. The molecule has 0 aliphatic rings. The highest BCUT2D eigenvalue weighted by molar-refractivity contribution is 9.10. The van der Waals surface area contributed by atoms with Crippen molar-refractivity contribution in [2.75, 3.05) is 6.61 Å². The first-order valence-corrected chi connectivity index (χ1v) is 7.34. The third kappa shape index (κ3) is 4.06. The zero-order chi connectivity index (χ0) is 15.9. The zero-order valence-corrected chi connectivity index (χ0v) is 13.3. The van der Waals surface area contributed by atoms with E-state index < -0.39 is 0 Å². The van der Waals surface area contributed by atoms with Crippen molar-refractivity contribution in [3.8, 4) is 11.8 Å². The summed E-state index contributed by atoms with van der Waals surface area (Å²) < 4.78 is 19.2. The fourth-order valence-corrected chi connectivity index (χ4v) is 2.36. The number of rotatable bonds is 5. The molecule has 0 amide bonds. The van der Waals surface area contributed by atoms with Gasteiger partial charge in [0, 0.05) is 0 Å². The third-order valence-corrected chi connectivity index (χ3v) is 3.52. The van der Waals surface area contributed by atoms with E-state index >= 15 is 0 Å². The fourth-order valence-electron chi connectivity index (χ4n) is 1.85. The average molecular weight is 358 g/mol. The van der Waals surface area contributed by atoms with Gasteiger partial charge in [-0.15, -0.1) is 0 Å². The van der Waals surface area contributed by atoms with Crippen LogP contribution in [0.25, 0.3) is 11.6 Å². The van der Waals surface area contributed by atoms with Crippen molar-refractivity contribution in [1.29, 1.82) is 5.26 Å². The fraction of sp³-hybridized carbons (Fsp3) is 0.0556. The quantitative estimate of drug-likeness (QED) is 0.417. The Bertz CT molecular complexity index is 745. The number of hydrogen-bond donors (Lipinski definition) is 0. The summed E-state index contributed by atoms with van der Waals surface area (Å²) in [6, 6.07) is 13.5. The lowest BCUT2D eigenvalue weighted by molar-refractivity contribution is 0.361. The maximum atomic E-state index is 13.0. The molecule has 0 aliphatic carbocycles. The molecule has 110 valence electrons. The molecule has 2 aromatic rings. The number of nitriles is 1. The van der Waals surface area contributed by atoms with E-state index in [1.807, 2.05) is 18.2 Å². The van der Waals surface area contributed by atoms with Crippen molar-refractivity contribution in [2.45, 2.75) is 0 Å². The highest BCUT2D eigenvalue weighted by atomic mass is 79.9. The molecule has 0 aromatic heterocycles. The molecular weight excluding hydrogens is 345 g/mol. The molecule has 2 rings (SSSR count). The second kappa shape index (κ2) is 7.58. The van der Waals surface area contributed by atoms with Gasteiger partial charge < -0.3 is 4.74 Å². The van der Waals surface area contributed by atoms with Gasteiger partial charge in [0.2, 0.25) is 0 Å². The topological polar surface area (TPSA) is 33.0 Å². The molecule has 2 nitrogen and oxygen atoms in total. The Hall–Kier alpha value is -2.38. The maximum Gasteiger partial charge on any atom is 0.133 e. The molecule has 0 aliphatic heterocycles. The molecule has 0 unspecified atom stereocenters. The van der Waals surface area contributed by atoms with Gasteiger partial charge in [-0.05, 0) is 57.4 Å². The predicted molar refractivity (Wildman–Crippen MR) is 89.7 cm³/mol. The van der Waals surface area contributed by atoms with Gasteiger partial charge in [-0.25, -0.2) is 4.39 Å². The van der Waals surface area contributed by atoms with Crippen molar-refractivity contribution >= 4 is 27.6 Å². The predicted octanol–water partition coefficient (Wildman–Crippen LogP) is 5.22. The van der Waals surface area contributed by atoms with Crippen LogP contribution >= 0.6 is 15.9 Å². The minimum absolute atomic E-state index is 0.326. The Balaban J connectivity index is 2.30. The first kappa shape index (κ1) is 16.0. The molecule has 0 fully saturated rings. The van der Waals surface area contributed by atoms with Crippen LogP contribution in [-0.2, 0) is 0 Å². The molecule has 0 atom stereocenters. The van der Waals surface area contributed by atoms with Gasteiger partial charge in [-0.2, -0.15) is 5.26 Å². The molecule has 0 spiro atoms. The van der Waals surface area contributed by atoms with E-state index in [2.05, 4.69) is 28.6 Å². The van der Waals surface area contributed by atoms with Gasteiger partial charge in [0.15, 0.2) is 0 Å². The first-order chi connectivity index (χ1) is 10.6. The second-order valence-electron chi connectivity index (χ2n) is 4.47. The van der Waals surface area contributed by atoms with Gasteiger partial charge in [-0.1, -0.05) is 30.9 Å². The Morgan fingerprint density at radius 1 is 1.27 bits per heavy atom. The summed E-state index contributed by atoms with van der Waals surface area (Å²) in [5.41, 5.74) is 1.98. The zero-order valence-electron chi connectivity index (χ0n) is 11.7. The Morgan fingerprint density at radius 2 is 2.00 bits per heavy atom. The van der Waals surface area contributed by atoms with Crippen molar-refractivity contribution in [1.82, 2.24) is 0 Å². The average Bonchev–Trinajstić information content (AvgIpc) is 2.53. The number of hydrogen-bond acceptors (Lipinski definition) is 2. The van der Waals surface area contributed by atoms with Crippen LogP contribution in [-0.4, -0.2) is 6.61 Å². The molecule has 4 heteroatoms. The van der Waals surface area contributed by atoms with Gasteiger partial charge in [0.1, 0.15) is 18.2 Å². The summed E-state index contributed by atoms with van der Waals surface area (Å²) in [6.45, 7) is 4.02. The molecule has 0 saturated heterocycles. The van der Waals surface area contributed by atoms with Crippen LogP contribution in [0.15, 0.2) is 59.6 Å². The van der Waals surface area contributed by atoms with Crippen LogP contribution in [0.2, 0.25) is 0 Å². The van der Waals surface area contributed by atoms with E-state index in [0.717, 1.165) is 10.0 Å². The summed E-state index contributed by atoms with van der Waals surface area (Å²) >= 11 is 3.43. The lowest BCUT2D eigenvalue weighted by atomic mass is 10.0. The second-order valence-corrected chi connectivity index (χ2v) is 5.32. The minimum atomic E-state index is -0.326. The number of halogens is 2. The SMILES string of the molecule is C=CCOc1ccc(/C=C(\C#N)c2ccc(F)cc2)cc1Br. The lowest BCUT2D eigenvalue weighted by Gasteiger charge is -2.07. The van der Waals surface area contributed by atoms with E-state index in [-0.39, 0.29) is 5.82 Å². The van der Waals surface area contributed by atoms with Gasteiger partial charge >= 0.3 is 0 Å². The third-order valence-electron chi connectivity index (χ3n) is 2.90. The molecule has 22 heavy (non-hydrogen) atoms. The Kier molecular flexibility index (Phi) is 5.51. The molecule has 0 N–H and O–H groups in total. The van der Waals surface area contributed by atoms with E-state index in [0.29, 0.717) is 23.5 Å². The van der Waals surface area contributed by atoms with Gasteiger partial charge in [-0.3, -0.25) is 0 Å². The molecule has 0 saturated carbocycles. The Labute approximate surface area is 137 Å². The van der Waals surface area contributed by atoms with Crippen LogP contribution in [0.4, 0.5) is 4.39 Å². The van der Waals surface area contributed by atoms with Crippen LogP contribution in [0.5, 0.6) is 5.75 Å². The van der Waals surface area contributed by atoms with E-state index in [9.17, 15) is 9.65 Å². The van der Waals surface area contributed by atoms with Crippen LogP contribution < -0.4 is 4.74 Å². The largest absolute Gasteiger partial charge is 0.488 e. The maximum absolute atomic E-state index is 13.0. The highest BCUT2D eigenvalue weighted by Gasteiger charge is 2.04. The van der Waals surface area contributed by atoms with E-state index in [1.165, 1.54) is 12.1 Å². The van der Waals surface area contributed by atoms with Crippen LogP contribution in [0.3, 0.4) is 0 Å². The number of nitrogens with zero attached hydrogens (tertiary/aromatic N) is 1. The number of benzene rings is 2. The molecule has 0 bridgehead atoms. The van der Waals surface area contributed by atoms with Gasteiger partial charge in [0.25, 0.3) is 0 Å². The Morgan fingerprint density at radius 3 is 2.59 bits per heavy atom. The number of allylic oxidation sites excluding steroid dienone is 1. The summed E-state index contributed by atoms with van der Waals surface area (Å²) in [5, 5.41) is 9.29. The van der Waals surface area contributed by atoms with E-state index in [4.69, 9.17) is 4.74 Å². The molecule has 2 aromatic carbocycles. The first-order valence-electron chi connectivity index (χ1n) is 6.55. The van der Waals surface area contributed by atoms with Crippen molar-refractivity contribution in [3.63, 3.8) is 0 Å². The van der Waals surface area contributed by atoms with Crippen molar-refractivity contribution in [2.24, 2.45) is 0 Å². The monoisotopic (exact) mass is 357 g/mol. The number of ether oxygens (including phenoxy) is 1. The minimum Gasteiger partial charge on any atom is -0.488 e. The summed E-state index contributed by atoms with van der Waals surface area (Å²) in [7, 11) is 0. The standard InChI is InChI=1S/C18H13BrFNO/c1-2-9-22-18-8-3-13(11-17(18)19)10-15(12-21)14-4-6-16(20)7-5-14/h2-8,10-11H,1,9H2/b15-10+. The van der Waals surface area contributed by atoms with Crippen molar-refractivity contribution < 1.29 is 9.13 Å². The van der Waals surface area contributed by atoms with Crippen LogP contribution in [0, 0.1) is 17.1 Å². The normalized spacial score (nSPS) is 10.9.